The lowest BCUT2D eigenvalue weighted by Gasteiger charge is -2.28. The first-order valence-electron chi connectivity index (χ1n) is 10.6. The van der Waals surface area contributed by atoms with E-state index < -0.39 is 29.0 Å². The van der Waals surface area contributed by atoms with E-state index in [0.717, 1.165) is 43.3 Å². The molecule has 6 nitrogen and oxygen atoms in total. The molecule has 0 atom stereocenters. The normalized spacial score (nSPS) is 19.0. The van der Waals surface area contributed by atoms with Crippen LogP contribution >= 0.6 is 0 Å². The molecule has 4 rings (SSSR count). The number of amides is 1. The van der Waals surface area contributed by atoms with Crippen LogP contribution in [-0.4, -0.2) is 34.5 Å². The molecule has 0 saturated heterocycles. The fraction of sp³-hybridized carbons (Fsp3) is 0.391. The van der Waals surface area contributed by atoms with E-state index in [2.05, 4.69) is 10.4 Å². The van der Waals surface area contributed by atoms with Crippen molar-refractivity contribution in [3.8, 4) is 5.75 Å². The number of hydrogen-bond acceptors (Lipinski definition) is 4. The number of fused-ring (bicyclic) bond motifs is 1. The minimum absolute atomic E-state index is 0.162. The molecule has 1 fully saturated rings. The number of methoxy groups -OCH3 is 1. The summed E-state index contributed by atoms with van der Waals surface area (Å²) in [4.78, 5) is 12.6. The number of aliphatic hydroxyl groups is 1. The van der Waals surface area contributed by atoms with Crippen molar-refractivity contribution in [2.75, 3.05) is 19.0 Å². The summed E-state index contributed by atoms with van der Waals surface area (Å²) in [6.45, 7) is 0.177. The zero-order valence-corrected chi connectivity index (χ0v) is 17.8. The van der Waals surface area contributed by atoms with Gasteiger partial charge >= 0.3 is 6.18 Å². The quantitative estimate of drug-likeness (QED) is 0.509. The number of carbonyl (C=O) groups excluding carboxylic acids is 1. The number of carbonyl (C=O) groups is 1. The van der Waals surface area contributed by atoms with E-state index >= 15 is 0 Å². The second-order valence-corrected chi connectivity index (χ2v) is 8.18. The van der Waals surface area contributed by atoms with E-state index in [0.29, 0.717) is 17.4 Å². The summed E-state index contributed by atoms with van der Waals surface area (Å²) in [7, 11) is 1.40. The number of rotatable bonds is 5. The highest BCUT2D eigenvalue weighted by molar-refractivity contribution is 6.06. The molecule has 0 aliphatic heterocycles. The molecule has 1 saturated carbocycles. The number of anilines is 1. The van der Waals surface area contributed by atoms with Crippen LogP contribution in [0.15, 0.2) is 36.5 Å². The van der Waals surface area contributed by atoms with E-state index in [4.69, 9.17) is 4.74 Å². The van der Waals surface area contributed by atoms with Gasteiger partial charge in [-0.15, -0.1) is 0 Å². The van der Waals surface area contributed by atoms with Crippen LogP contribution in [-0.2, 0) is 6.18 Å². The third-order valence-corrected chi connectivity index (χ3v) is 6.13. The number of hydrogen-bond donors (Lipinski definition) is 2. The van der Waals surface area contributed by atoms with Gasteiger partial charge in [-0.05, 0) is 49.8 Å². The Morgan fingerprint density at radius 2 is 1.97 bits per heavy atom. The summed E-state index contributed by atoms with van der Waals surface area (Å²) in [6.07, 6.45) is 0.261. The molecule has 0 unspecified atom stereocenters. The molecule has 0 bridgehead atoms. The Labute approximate surface area is 187 Å². The zero-order chi connectivity index (χ0) is 23.8. The smallest absolute Gasteiger partial charge is 0.419 e. The minimum Gasteiger partial charge on any atom is -0.494 e. The van der Waals surface area contributed by atoms with Crippen LogP contribution in [0.5, 0.6) is 5.75 Å². The van der Waals surface area contributed by atoms with Crippen LogP contribution in [0.25, 0.3) is 10.9 Å². The number of nitrogens with zero attached hydrogens (tertiary/aromatic N) is 2. The molecule has 10 heteroatoms. The number of nitrogens with one attached hydrogen (secondary N) is 1. The van der Waals surface area contributed by atoms with Crippen LogP contribution in [0, 0.1) is 11.7 Å². The Bertz CT molecular complexity index is 1170. The standard InChI is InChI=1S/C23H23F4N3O3/c1-33-20-10-19-14(11-28-30(19)15-7-5-13(12-31)6-8-15)9-18(20)29-22(32)16-3-2-4-17(21(16)24)23(25,26)27/h2-4,9-11,13,15,31H,5-8,12H2,1H3,(H,29,32). The molecule has 1 amide bonds. The fourth-order valence-corrected chi connectivity index (χ4v) is 4.32. The maximum absolute atomic E-state index is 14.4. The highest BCUT2D eigenvalue weighted by Gasteiger charge is 2.35. The molecule has 1 aliphatic carbocycles. The van der Waals surface area contributed by atoms with Crippen LogP contribution in [0.3, 0.4) is 0 Å². The van der Waals surface area contributed by atoms with E-state index in [1.807, 2.05) is 4.68 Å². The highest BCUT2D eigenvalue weighted by Crippen LogP contribution is 2.37. The number of halogens is 4. The van der Waals surface area contributed by atoms with Gasteiger partial charge in [-0.2, -0.15) is 18.3 Å². The van der Waals surface area contributed by atoms with Gasteiger partial charge in [0.05, 0.1) is 41.7 Å². The molecule has 176 valence electrons. The van der Waals surface area contributed by atoms with Gasteiger partial charge in [0.25, 0.3) is 5.91 Å². The number of aliphatic hydroxyl groups excluding tert-OH is 1. The predicted octanol–water partition coefficient (Wildman–Crippen LogP) is 5.18. The highest BCUT2D eigenvalue weighted by atomic mass is 19.4. The van der Waals surface area contributed by atoms with Crippen LogP contribution in [0.1, 0.15) is 47.6 Å². The van der Waals surface area contributed by atoms with Gasteiger partial charge < -0.3 is 15.2 Å². The molecule has 2 N–H and O–H groups in total. The third-order valence-electron chi connectivity index (χ3n) is 6.13. The van der Waals surface area contributed by atoms with Crippen LogP contribution < -0.4 is 10.1 Å². The molecule has 2 aromatic carbocycles. The third kappa shape index (κ3) is 4.52. The molecule has 1 aromatic heterocycles. The molecule has 1 aliphatic rings. The lowest BCUT2D eigenvalue weighted by Crippen LogP contribution is -2.20. The topological polar surface area (TPSA) is 76.4 Å². The summed E-state index contributed by atoms with van der Waals surface area (Å²) in [5.74, 6) is -2.08. The minimum atomic E-state index is -4.91. The van der Waals surface area contributed by atoms with Gasteiger partial charge in [-0.25, -0.2) is 4.39 Å². The SMILES string of the molecule is COc1cc2c(cnn2C2CCC(CO)CC2)cc1NC(=O)c1cccc(C(F)(F)F)c1F. The molecule has 3 aromatic rings. The van der Waals surface area contributed by atoms with Crippen molar-refractivity contribution in [2.24, 2.45) is 5.92 Å². The number of alkyl halides is 3. The van der Waals surface area contributed by atoms with E-state index in [1.165, 1.54) is 7.11 Å². The lowest BCUT2D eigenvalue weighted by atomic mass is 9.86. The number of aromatic nitrogens is 2. The summed E-state index contributed by atoms with van der Waals surface area (Å²) in [5, 5.41) is 17.0. The average Bonchev–Trinajstić information content (AvgIpc) is 3.20. The van der Waals surface area contributed by atoms with E-state index in [-0.39, 0.29) is 24.1 Å². The first-order valence-corrected chi connectivity index (χ1v) is 10.6. The van der Waals surface area contributed by atoms with Gasteiger partial charge in [0.2, 0.25) is 0 Å². The van der Waals surface area contributed by atoms with Crippen molar-refractivity contribution in [2.45, 2.75) is 37.9 Å². The molecular weight excluding hydrogens is 442 g/mol. The Morgan fingerprint density at radius 3 is 2.61 bits per heavy atom. The summed E-state index contributed by atoms with van der Waals surface area (Å²) in [5.41, 5.74) is -1.25. The van der Waals surface area contributed by atoms with Gasteiger partial charge in [0.1, 0.15) is 11.6 Å². The Hall–Kier alpha value is -3.14. The lowest BCUT2D eigenvalue weighted by molar-refractivity contribution is -0.140. The monoisotopic (exact) mass is 465 g/mol. The maximum Gasteiger partial charge on any atom is 0.419 e. The molecule has 0 radical (unpaired) electrons. The maximum atomic E-state index is 14.4. The predicted molar refractivity (Wildman–Crippen MR) is 114 cm³/mol. The van der Waals surface area contributed by atoms with Crippen molar-refractivity contribution >= 4 is 22.5 Å². The first kappa shape index (κ1) is 23.0. The largest absolute Gasteiger partial charge is 0.494 e. The Morgan fingerprint density at radius 1 is 1.24 bits per heavy atom. The number of ether oxygens (including phenoxy) is 1. The Kier molecular flexibility index (Phi) is 6.29. The van der Waals surface area contributed by atoms with Gasteiger partial charge in [-0.1, -0.05) is 6.07 Å². The molecule has 33 heavy (non-hydrogen) atoms. The second-order valence-electron chi connectivity index (χ2n) is 8.18. The molecule has 0 spiro atoms. The van der Waals surface area contributed by atoms with Crippen LogP contribution in [0.2, 0.25) is 0 Å². The molecular formula is C23H23F4N3O3. The van der Waals surface area contributed by atoms with E-state index in [1.54, 1.807) is 18.3 Å². The average molecular weight is 465 g/mol. The van der Waals surface area contributed by atoms with Crippen LogP contribution in [0.4, 0.5) is 23.2 Å². The van der Waals surface area contributed by atoms with Crippen molar-refractivity contribution in [1.29, 1.82) is 0 Å². The Balaban J connectivity index is 1.62. The first-order chi connectivity index (χ1) is 15.7. The fourth-order valence-electron chi connectivity index (χ4n) is 4.32. The zero-order valence-electron chi connectivity index (χ0n) is 17.8. The van der Waals surface area contributed by atoms with Crippen molar-refractivity contribution < 1.29 is 32.2 Å². The van der Waals surface area contributed by atoms with Crippen molar-refractivity contribution in [1.82, 2.24) is 9.78 Å². The second kappa shape index (κ2) is 9.01. The molecule has 1 heterocycles. The van der Waals surface area contributed by atoms with Gasteiger partial charge in [0.15, 0.2) is 0 Å². The summed E-state index contributed by atoms with van der Waals surface area (Å²) in [6, 6.07) is 6.01. The van der Waals surface area contributed by atoms with E-state index in [9.17, 15) is 27.5 Å². The summed E-state index contributed by atoms with van der Waals surface area (Å²) < 4.78 is 60.6. The van der Waals surface area contributed by atoms with Crippen molar-refractivity contribution in [3.63, 3.8) is 0 Å². The number of benzene rings is 2. The van der Waals surface area contributed by atoms with Gasteiger partial charge in [-0.3, -0.25) is 9.48 Å². The van der Waals surface area contributed by atoms with Crippen molar-refractivity contribution in [3.05, 3.63) is 53.5 Å². The van der Waals surface area contributed by atoms with Gasteiger partial charge in [0, 0.05) is 18.1 Å². The summed E-state index contributed by atoms with van der Waals surface area (Å²) >= 11 is 0.